The fourth-order valence-corrected chi connectivity index (χ4v) is 1.50. The molecule has 1 radical (unpaired) electrons. The summed E-state index contributed by atoms with van der Waals surface area (Å²) in [6, 6.07) is 7.63. The molecule has 0 aromatic heterocycles. The summed E-state index contributed by atoms with van der Waals surface area (Å²) in [5.74, 6) is -1.52. The van der Waals surface area contributed by atoms with Gasteiger partial charge in [-0.25, -0.2) is 8.78 Å². The first-order valence-electron chi connectivity index (χ1n) is 4.92. The second-order valence-electron chi connectivity index (χ2n) is 3.61. The standard InChI is InChI=1S/C13H6F5/c14-10-4-5-12(15)11(7-10)8-2-1-3-9(6-8)13(16,17)18/h1,3-7H. The van der Waals surface area contributed by atoms with Crippen LogP contribution >= 0.6 is 0 Å². The second kappa shape index (κ2) is 4.40. The Morgan fingerprint density at radius 2 is 1.67 bits per heavy atom. The number of rotatable bonds is 1. The molecular weight excluding hydrogens is 251 g/mol. The third-order valence-electron chi connectivity index (χ3n) is 2.35. The van der Waals surface area contributed by atoms with Crippen LogP contribution in [0.5, 0.6) is 0 Å². The summed E-state index contributed by atoms with van der Waals surface area (Å²) in [5, 5.41) is 0. The summed E-state index contributed by atoms with van der Waals surface area (Å²) in [5.41, 5.74) is -1.32. The van der Waals surface area contributed by atoms with Crippen LogP contribution in [0.2, 0.25) is 0 Å². The van der Waals surface area contributed by atoms with Gasteiger partial charge in [-0.1, -0.05) is 6.07 Å². The highest BCUT2D eigenvalue weighted by Gasteiger charge is 2.30. The second-order valence-corrected chi connectivity index (χ2v) is 3.61. The van der Waals surface area contributed by atoms with Gasteiger partial charge in [0, 0.05) is 5.56 Å². The highest BCUT2D eigenvalue weighted by atomic mass is 19.4. The minimum atomic E-state index is -4.53. The van der Waals surface area contributed by atoms with Gasteiger partial charge in [0.2, 0.25) is 0 Å². The number of halogens is 5. The first kappa shape index (κ1) is 12.5. The van der Waals surface area contributed by atoms with E-state index in [0.29, 0.717) is 0 Å². The van der Waals surface area contributed by atoms with E-state index in [-0.39, 0.29) is 11.1 Å². The topological polar surface area (TPSA) is 0 Å². The predicted molar refractivity (Wildman–Crippen MR) is 55.6 cm³/mol. The van der Waals surface area contributed by atoms with Gasteiger partial charge >= 0.3 is 6.18 Å². The monoisotopic (exact) mass is 257 g/mol. The molecule has 5 heteroatoms. The third kappa shape index (κ3) is 2.50. The molecule has 0 aliphatic rings. The SMILES string of the molecule is Fc1ccc(F)c(-c2[c]ccc(C(F)(F)F)c2)c1. The van der Waals surface area contributed by atoms with Gasteiger partial charge in [-0.05, 0) is 42.0 Å². The molecule has 0 N–H and O–H groups in total. The Balaban J connectivity index is 2.55. The number of hydrogen-bond donors (Lipinski definition) is 0. The zero-order valence-corrected chi connectivity index (χ0v) is 8.85. The van der Waals surface area contributed by atoms with E-state index in [4.69, 9.17) is 0 Å². The van der Waals surface area contributed by atoms with E-state index in [9.17, 15) is 22.0 Å². The minimum Gasteiger partial charge on any atom is -0.207 e. The Bertz CT molecular complexity index is 572. The Hall–Kier alpha value is -1.91. The quantitative estimate of drug-likeness (QED) is 0.662. The highest BCUT2D eigenvalue weighted by molar-refractivity contribution is 5.64. The largest absolute Gasteiger partial charge is 0.416 e. The lowest BCUT2D eigenvalue weighted by molar-refractivity contribution is -0.137. The molecule has 0 spiro atoms. The molecule has 2 rings (SSSR count). The molecule has 0 aliphatic heterocycles. The molecular formula is C13H6F5. The number of alkyl halides is 3. The normalized spacial score (nSPS) is 11.6. The maximum absolute atomic E-state index is 13.4. The lowest BCUT2D eigenvalue weighted by Gasteiger charge is -2.09. The molecule has 0 heterocycles. The van der Waals surface area contributed by atoms with Crippen molar-refractivity contribution in [1.29, 1.82) is 0 Å². The van der Waals surface area contributed by atoms with Gasteiger partial charge < -0.3 is 0 Å². The minimum absolute atomic E-state index is 0.137. The van der Waals surface area contributed by atoms with E-state index in [1.807, 2.05) is 0 Å². The molecule has 2 aromatic rings. The third-order valence-corrected chi connectivity index (χ3v) is 2.35. The van der Waals surface area contributed by atoms with Crippen molar-refractivity contribution in [3.8, 4) is 11.1 Å². The molecule has 0 fully saturated rings. The Morgan fingerprint density at radius 3 is 2.33 bits per heavy atom. The molecule has 0 bridgehead atoms. The average Bonchev–Trinajstić information content (AvgIpc) is 2.31. The van der Waals surface area contributed by atoms with Crippen molar-refractivity contribution < 1.29 is 22.0 Å². The van der Waals surface area contributed by atoms with Crippen molar-refractivity contribution in [3.05, 3.63) is 59.7 Å². The summed E-state index contributed by atoms with van der Waals surface area (Å²) in [4.78, 5) is 0. The molecule has 0 saturated heterocycles. The van der Waals surface area contributed by atoms with Crippen LogP contribution in [0.4, 0.5) is 22.0 Å². The van der Waals surface area contributed by atoms with Crippen molar-refractivity contribution >= 4 is 0 Å². The Kier molecular flexibility index (Phi) is 3.07. The Labute approximate surface area is 99.7 Å². The zero-order valence-electron chi connectivity index (χ0n) is 8.85. The van der Waals surface area contributed by atoms with E-state index in [0.717, 1.165) is 36.4 Å². The smallest absolute Gasteiger partial charge is 0.207 e. The lowest BCUT2D eigenvalue weighted by Crippen LogP contribution is -2.04. The summed E-state index contributed by atoms with van der Waals surface area (Å²) >= 11 is 0. The highest BCUT2D eigenvalue weighted by Crippen LogP contribution is 2.32. The summed E-state index contributed by atoms with van der Waals surface area (Å²) in [6.45, 7) is 0. The molecule has 93 valence electrons. The van der Waals surface area contributed by atoms with Gasteiger partial charge in [-0.3, -0.25) is 0 Å². The van der Waals surface area contributed by atoms with Gasteiger partial charge in [0.05, 0.1) is 5.56 Å². The summed E-state index contributed by atoms with van der Waals surface area (Å²) in [6.07, 6.45) is -4.53. The van der Waals surface area contributed by atoms with Crippen LogP contribution in [0.25, 0.3) is 11.1 Å². The van der Waals surface area contributed by atoms with Gasteiger partial charge in [-0.15, -0.1) is 0 Å². The van der Waals surface area contributed by atoms with E-state index >= 15 is 0 Å². The molecule has 0 atom stereocenters. The molecule has 0 aliphatic carbocycles. The van der Waals surface area contributed by atoms with E-state index in [2.05, 4.69) is 6.07 Å². The van der Waals surface area contributed by atoms with Gasteiger partial charge in [0.25, 0.3) is 0 Å². The van der Waals surface area contributed by atoms with Crippen LogP contribution in [0.1, 0.15) is 5.56 Å². The first-order valence-corrected chi connectivity index (χ1v) is 4.92. The van der Waals surface area contributed by atoms with Crippen molar-refractivity contribution in [3.63, 3.8) is 0 Å². The van der Waals surface area contributed by atoms with Crippen molar-refractivity contribution in [2.45, 2.75) is 6.18 Å². The molecule has 0 nitrogen and oxygen atoms in total. The molecule has 0 saturated carbocycles. The fraction of sp³-hybridized carbons (Fsp3) is 0.0769. The number of hydrogen-bond acceptors (Lipinski definition) is 0. The summed E-state index contributed by atoms with van der Waals surface area (Å²) < 4.78 is 63.8. The maximum atomic E-state index is 13.4. The van der Waals surface area contributed by atoms with Crippen LogP contribution in [0, 0.1) is 17.7 Å². The van der Waals surface area contributed by atoms with E-state index in [1.54, 1.807) is 0 Å². The van der Waals surface area contributed by atoms with Crippen molar-refractivity contribution in [2.24, 2.45) is 0 Å². The van der Waals surface area contributed by atoms with Crippen LogP contribution in [0.3, 0.4) is 0 Å². The van der Waals surface area contributed by atoms with Crippen LogP contribution in [-0.4, -0.2) is 0 Å². The molecule has 0 unspecified atom stereocenters. The first-order chi connectivity index (χ1) is 8.38. The van der Waals surface area contributed by atoms with E-state index in [1.165, 1.54) is 0 Å². The maximum Gasteiger partial charge on any atom is 0.416 e. The average molecular weight is 257 g/mol. The van der Waals surface area contributed by atoms with Crippen LogP contribution < -0.4 is 0 Å². The molecule has 0 amide bonds. The van der Waals surface area contributed by atoms with Crippen molar-refractivity contribution in [2.75, 3.05) is 0 Å². The molecule has 2 aromatic carbocycles. The lowest BCUT2D eigenvalue weighted by atomic mass is 10.0. The zero-order chi connectivity index (χ0) is 13.3. The van der Waals surface area contributed by atoms with Gasteiger partial charge in [0.1, 0.15) is 11.6 Å². The van der Waals surface area contributed by atoms with Crippen molar-refractivity contribution in [1.82, 2.24) is 0 Å². The van der Waals surface area contributed by atoms with E-state index < -0.39 is 23.4 Å². The van der Waals surface area contributed by atoms with Crippen LogP contribution in [-0.2, 0) is 6.18 Å². The van der Waals surface area contributed by atoms with Crippen LogP contribution in [0.15, 0.2) is 36.4 Å². The molecule has 18 heavy (non-hydrogen) atoms. The Morgan fingerprint density at radius 1 is 0.944 bits per heavy atom. The number of benzene rings is 2. The fourth-order valence-electron chi connectivity index (χ4n) is 1.50. The predicted octanol–water partition coefficient (Wildman–Crippen LogP) is 4.45. The van der Waals surface area contributed by atoms with Gasteiger partial charge in [-0.2, -0.15) is 13.2 Å². The summed E-state index contributed by atoms with van der Waals surface area (Å²) in [7, 11) is 0. The van der Waals surface area contributed by atoms with Gasteiger partial charge in [0.15, 0.2) is 0 Å².